The van der Waals surface area contributed by atoms with Gasteiger partial charge in [-0.05, 0) is 56.7 Å². The second-order valence-electron chi connectivity index (χ2n) is 6.26. The third-order valence-corrected chi connectivity index (χ3v) is 5.71. The number of thiazole rings is 1. The second-order valence-corrected chi connectivity index (χ2v) is 8.15. The van der Waals surface area contributed by atoms with Gasteiger partial charge in [0.05, 0.1) is 35.2 Å². The highest BCUT2D eigenvalue weighted by atomic mass is 79.9. The highest BCUT2D eigenvalue weighted by molar-refractivity contribution is 9.10. The number of aromatic nitrogens is 3. The van der Waals surface area contributed by atoms with Gasteiger partial charge in [0.1, 0.15) is 10.2 Å². The molecule has 4 rings (SSSR count). The van der Waals surface area contributed by atoms with Crippen molar-refractivity contribution in [1.82, 2.24) is 14.8 Å². The number of hydrogen-bond donors (Lipinski definition) is 1. The Kier molecular flexibility index (Phi) is 5.46. The van der Waals surface area contributed by atoms with Crippen LogP contribution >= 0.6 is 27.3 Å². The summed E-state index contributed by atoms with van der Waals surface area (Å²) in [7, 11) is 1.60. The van der Waals surface area contributed by atoms with E-state index in [0.717, 1.165) is 21.5 Å². The Morgan fingerprint density at radius 2 is 2.17 bits per heavy atom. The lowest BCUT2D eigenvalue weighted by atomic mass is 10.1. The number of fused-ring (bicyclic) bond motifs is 1. The Bertz CT molecular complexity index is 1270. The van der Waals surface area contributed by atoms with Crippen LogP contribution < -0.4 is 10.1 Å². The number of nitrogens with zero attached hydrogens (tertiary/aromatic N) is 4. The smallest absolute Gasteiger partial charge is 0.404 e. The summed E-state index contributed by atoms with van der Waals surface area (Å²) in [6.07, 6.45) is 1.53. The van der Waals surface area contributed by atoms with Crippen molar-refractivity contribution in [3.8, 4) is 5.75 Å². The zero-order chi connectivity index (χ0) is 21.3. The predicted octanol–water partition coefficient (Wildman–Crippen LogP) is 4.47. The topological polar surface area (TPSA) is 112 Å². The largest absolute Gasteiger partial charge is 0.497 e. The Morgan fingerprint density at radius 1 is 1.33 bits per heavy atom. The molecule has 0 radical (unpaired) electrons. The molecule has 0 spiro atoms. The molecule has 30 heavy (non-hydrogen) atoms. The number of nitrogens with one attached hydrogen (secondary N) is 1. The zero-order valence-corrected chi connectivity index (χ0v) is 17.9. The molecular weight excluding hydrogens is 474 g/mol. The average Bonchev–Trinajstić information content (AvgIpc) is 3.29. The number of halogens is 1. The van der Waals surface area contributed by atoms with Crippen LogP contribution in [0.3, 0.4) is 0 Å². The highest BCUT2D eigenvalue weighted by Crippen LogP contribution is 2.29. The standard InChI is InChI=1S/C19H14BrN5O4S/c1-29-13-5-6-15-16(8-13)30-19(21-15)22-18(26)12-4-2-3-11(7-12)9-24-10-14(20)17(23-24)25(27)28/h2-8,10H,9H2,1H3,(H,21,22,26). The summed E-state index contributed by atoms with van der Waals surface area (Å²) in [4.78, 5) is 27.5. The maximum atomic E-state index is 12.7. The highest BCUT2D eigenvalue weighted by Gasteiger charge is 2.19. The monoisotopic (exact) mass is 487 g/mol. The Morgan fingerprint density at radius 3 is 2.90 bits per heavy atom. The lowest BCUT2D eigenvalue weighted by molar-refractivity contribution is -0.390. The van der Waals surface area contributed by atoms with Crippen molar-refractivity contribution < 1.29 is 14.5 Å². The number of benzene rings is 2. The number of amides is 1. The number of anilines is 1. The average molecular weight is 488 g/mol. The van der Waals surface area contributed by atoms with E-state index < -0.39 is 4.92 Å². The summed E-state index contributed by atoms with van der Waals surface area (Å²) in [6, 6.07) is 12.5. The molecule has 2 aromatic heterocycles. The van der Waals surface area contributed by atoms with E-state index in [1.54, 1.807) is 25.3 Å². The Labute approximate surface area is 182 Å². The molecule has 0 aliphatic carbocycles. The van der Waals surface area contributed by atoms with Crippen molar-refractivity contribution in [2.45, 2.75) is 6.54 Å². The number of hydrogen-bond acceptors (Lipinski definition) is 7. The summed E-state index contributed by atoms with van der Waals surface area (Å²) in [5.41, 5.74) is 2.00. The van der Waals surface area contributed by atoms with Crippen molar-refractivity contribution in [2.75, 3.05) is 12.4 Å². The van der Waals surface area contributed by atoms with Crippen molar-refractivity contribution in [1.29, 1.82) is 0 Å². The van der Waals surface area contributed by atoms with Gasteiger partial charge in [0, 0.05) is 5.56 Å². The van der Waals surface area contributed by atoms with E-state index in [0.29, 0.717) is 15.2 Å². The van der Waals surface area contributed by atoms with Crippen LogP contribution in [0.25, 0.3) is 10.2 Å². The van der Waals surface area contributed by atoms with Crippen LogP contribution in [0.1, 0.15) is 15.9 Å². The van der Waals surface area contributed by atoms with Gasteiger partial charge in [-0.1, -0.05) is 23.5 Å². The van der Waals surface area contributed by atoms with E-state index in [2.05, 4.69) is 31.3 Å². The normalized spacial score (nSPS) is 10.9. The number of ether oxygens (including phenoxy) is 1. The van der Waals surface area contributed by atoms with Crippen molar-refractivity contribution >= 4 is 54.3 Å². The van der Waals surface area contributed by atoms with Crippen LogP contribution in [0, 0.1) is 10.1 Å². The van der Waals surface area contributed by atoms with Crippen LogP contribution in [-0.2, 0) is 6.54 Å². The number of carbonyl (C=O) groups excluding carboxylic acids is 1. The molecule has 11 heteroatoms. The summed E-state index contributed by atoms with van der Waals surface area (Å²) in [5, 5.41) is 18.2. The molecule has 1 amide bonds. The quantitative estimate of drug-likeness (QED) is 0.317. The van der Waals surface area contributed by atoms with E-state index >= 15 is 0 Å². The molecule has 0 aliphatic rings. The summed E-state index contributed by atoms with van der Waals surface area (Å²) in [6.45, 7) is 0.286. The van der Waals surface area contributed by atoms with Crippen LogP contribution in [0.15, 0.2) is 53.1 Å². The van der Waals surface area contributed by atoms with Gasteiger partial charge >= 0.3 is 5.82 Å². The first-order valence-corrected chi connectivity index (χ1v) is 10.3. The van der Waals surface area contributed by atoms with Gasteiger partial charge in [0.2, 0.25) is 0 Å². The summed E-state index contributed by atoms with van der Waals surface area (Å²) in [5.74, 6) is 0.175. The van der Waals surface area contributed by atoms with Crippen molar-refractivity contribution in [2.24, 2.45) is 0 Å². The van der Waals surface area contributed by atoms with Crippen molar-refractivity contribution in [3.05, 3.63) is 74.4 Å². The minimum atomic E-state index is -0.557. The number of methoxy groups -OCH3 is 1. The molecule has 152 valence electrons. The SMILES string of the molecule is COc1ccc2nc(NC(=O)c3cccc(Cn4cc(Br)c([N+](=O)[O-])n4)c3)sc2c1. The van der Waals surface area contributed by atoms with Crippen LogP contribution in [0.5, 0.6) is 5.75 Å². The number of rotatable bonds is 6. The zero-order valence-electron chi connectivity index (χ0n) is 15.5. The van der Waals surface area contributed by atoms with Crippen molar-refractivity contribution in [3.63, 3.8) is 0 Å². The van der Waals surface area contributed by atoms with E-state index in [1.165, 1.54) is 22.2 Å². The summed E-state index contributed by atoms with van der Waals surface area (Å²) < 4.78 is 7.86. The van der Waals surface area contributed by atoms with Gasteiger partial charge in [0.25, 0.3) is 5.91 Å². The molecule has 0 saturated carbocycles. The fourth-order valence-corrected chi connectivity index (χ4v) is 4.19. The maximum Gasteiger partial charge on any atom is 0.404 e. The molecule has 9 nitrogen and oxygen atoms in total. The van der Waals surface area contributed by atoms with E-state index in [-0.39, 0.29) is 18.3 Å². The molecule has 1 N–H and O–H groups in total. The fraction of sp³-hybridized carbons (Fsp3) is 0.105. The molecule has 2 aromatic carbocycles. The van der Waals surface area contributed by atoms with Crippen LogP contribution in [0.4, 0.5) is 10.9 Å². The van der Waals surface area contributed by atoms with Gasteiger partial charge in [-0.15, -0.1) is 0 Å². The molecule has 0 saturated heterocycles. The molecule has 2 heterocycles. The first-order chi connectivity index (χ1) is 14.4. The minimum Gasteiger partial charge on any atom is -0.497 e. The lowest BCUT2D eigenvalue weighted by Crippen LogP contribution is -2.12. The van der Waals surface area contributed by atoms with E-state index in [4.69, 9.17) is 4.74 Å². The lowest BCUT2D eigenvalue weighted by Gasteiger charge is -2.04. The number of carbonyl (C=O) groups is 1. The molecule has 0 bridgehead atoms. The first-order valence-electron chi connectivity index (χ1n) is 8.65. The third-order valence-electron chi connectivity index (χ3n) is 4.22. The van der Waals surface area contributed by atoms with Gasteiger partial charge in [-0.2, -0.15) is 4.68 Å². The Balaban J connectivity index is 1.51. The van der Waals surface area contributed by atoms with Gasteiger partial charge in [-0.25, -0.2) is 4.98 Å². The second kappa shape index (κ2) is 8.20. The molecular formula is C19H14BrN5O4S. The molecule has 0 atom stereocenters. The van der Waals surface area contributed by atoms with Gasteiger partial charge in [-0.3, -0.25) is 10.1 Å². The first kappa shape index (κ1) is 20.0. The van der Waals surface area contributed by atoms with Crippen LogP contribution in [-0.4, -0.2) is 32.7 Å². The van der Waals surface area contributed by atoms with Gasteiger partial charge in [0.15, 0.2) is 5.13 Å². The fourth-order valence-electron chi connectivity index (χ4n) is 2.84. The predicted molar refractivity (Wildman–Crippen MR) is 116 cm³/mol. The molecule has 0 aliphatic heterocycles. The minimum absolute atomic E-state index is 0.253. The van der Waals surface area contributed by atoms with Gasteiger partial charge < -0.3 is 14.9 Å². The summed E-state index contributed by atoms with van der Waals surface area (Å²) >= 11 is 4.48. The molecule has 0 unspecified atom stereocenters. The Hall–Kier alpha value is -3.31. The van der Waals surface area contributed by atoms with Crippen LogP contribution in [0.2, 0.25) is 0 Å². The molecule has 0 fully saturated rings. The maximum absolute atomic E-state index is 12.7. The number of nitro groups is 1. The van der Waals surface area contributed by atoms with E-state index in [1.807, 2.05) is 24.3 Å². The molecule has 4 aromatic rings. The van der Waals surface area contributed by atoms with E-state index in [9.17, 15) is 14.9 Å². The third kappa shape index (κ3) is 4.16.